The molecule has 0 bridgehead atoms. The summed E-state index contributed by atoms with van der Waals surface area (Å²) in [6, 6.07) is 9.67. The van der Waals surface area contributed by atoms with Crippen molar-refractivity contribution in [2.75, 3.05) is 13.2 Å². The molecule has 0 aliphatic carbocycles. The highest BCUT2D eigenvalue weighted by Crippen LogP contribution is 2.21. The largest absolute Gasteiger partial charge is 0.452 e. The van der Waals surface area contributed by atoms with Crippen LogP contribution in [0.4, 0.5) is 0 Å². The average molecular weight is 378 g/mol. The summed E-state index contributed by atoms with van der Waals surface area (Å²) in [7, 11) is 0. The number of aryl methyl sites for hydroxylation is 1. The summed E-state index contributed by atoms with van der Waals surface area (Å²) in [5.74, 6) is -0.481. The first kappa shape index (κ1) is 20.0. The van der Waals surface area contributed by atoms with Crippen molar-refractivity contribution in [3.63, 3.8) is 0 Å². The Kier molecular flexibility index (Phi) is 7.21. The molecule has 0 radical (unpaired) electrons. The molecule has 7 heteroatoms. The number of amides is 1. The SMILES string of the molecule is Cc1nn(Cc2ccccc2)c(Cl)c1C(=O)OCC(=O)NCCC(C)C. The van der Waals surface area contributed by atoms with Crippen LogP contribution < -0.4 is 5.32 Å². The fourth-order valence-corrected chi connectivity index (χ4v) is 2.71. The molecule has 1 aromatic heterocycles. The Morgan fingerprint density at radius 2 is 1.96 bits per heavy atom. The fourth-order valence-electron chi connectivity index (χ4n) is 2.40. The van der Waals surface area contributed by atoms with Crippen molar-refractivity contribution < 1.29 is 14.3 Å². The van der Waals surface area contributed by atoms with E-state index in [-0.39, 0.29) is 23.2 Å². The third-order valence-corrected chi connectivity index (χ3v) is 4.21. The van der Waals surface area contributed by atoms with Gasteiger partial charge in [0, 0.05) is 6.54 Å². The van der Waals surface area contributed by atoms with Gasteiger partial charge in [0.25, 0.3) is 5.91 Å². The van der Waals surface area contributed by atoms with E-state index in [0.717, 1.165) is 12.0 Å². The monoisotopic (exact) mass is 377 g/mol. The van der Waals surface area contributed by atoms with Gasteiger partial charge in [-0.2, -0.15) is 5.10 Å². The number of carbonyl (C=O) groups excluding carboxylic acids is 2. The Bertz CT molecular complexity index is 757. The Morgan fingerprint density at radius 3 is 2.62 bits per heavy atom. The van der Waals surface area contributed by atoms with Gasteiger partial charge in [-0.3, -0.25) is 4.79 Å². The van der Waals surface area contributed by atoms with E-state index in [1.807, 2.05) is 30.3 Å². The molecule has 2 rings (SSSR count). The Balaban J connectivity index is 1.95. The molecule has 0 aliphatic rings. The lowest BCUT2D eigenvalue weighted by atomic mass is 10.1. The third kappa shape index (κ3) is 5.59. The molecule has 1 N–H and O–H groups in total. The molecule has 26 heavy (non-hydrogen) atoms. The van der Waals surface area contributed by atoms with E-state index in [4.69, 9.17) is 16.3 Å². The second-order valence-corrected chi connectivity index (χ2v) is 6.86. The normalized spacial score (nSPS) is 10.8. The minimum atomic E-state index is -0.647. The van der Waals surface area contributed by atoms with E-state index in [9.17, 15) is 9.59 Å². The molecule has 140 valence electrons. The van der Waals surface area contributed by atoms with Crippen molar-refractivity contribution in [1.29, 1.82) is 0 Å². The average Bonchev–Trinajstić information content (AvgIpc) is 2.87. The molecule has 0 fully saturated rings. The first-order chi connectivity index (χ1) is 12.4. The lowest BCUT2D eigenvalue weighted by Crippen LogP contribution is -2.30. The van der Waals surface area contributed by atoms with Gasteiger partial charge in [0.15, 0.2) is 6.61 Å². The Hall–Kier alpha value is -2.34. The van der Waals surface area contributed by atoms with Crippen molar-refractivity contribution in [2.45, 2.75) is 33.7 Å². The number of ether oxygens (including phenoxy) is 1. The Morgan fingerprint density at radius 1 is 1.27 bits per heavy atom. The van der Waals surface area contributed by atoms with Crippen molar-refractivity contribution in [1.82, 2.24) is 15.1 Å². The minimum Gasteiger partial charge on any atom is -0.452 e. The van der Waals surface area contributed by atoms with Gasteiger partial charge < -0.3 is 10.1 Å². The van der Waals surface area contributed by atoms with Crippen molar-refractivity contribution in [2.24, 2.45) is 5.92 Å². The van der Waals surface area contributed by atoms with Crippen LogP contribution in [-0.2, 0) is 16.1 Å². The number of nitrogens with one attached hydrogen (secondary N) is 1. The predicted octanol–water partition coefficient (Wildman–Crippen LogP) is 3.21. The maximum Gasteiger partial charge on any atom is 0.343 e. The molecule has 1 aromatic carbocycles. The smallest absolute Gasteiger partial charge is 0.343 e. The van der Waals surface area contributed by atoms with Crippen LogP contribution in [0.2, 0.25) is 5.15 Å². The summed E-state index contributed by atoms with van der Waals surface area (Å²) >= 11 is 6.31. The van der Waals surface area contributed by atoms with E-state index < -0.39 is 5.97 Å². The molecule has 0 aliphatic heterocycles. The number of aromatic nitrogens is 2. The van der Waals surface area contributed by atoms with Crippen LogP contribution in [0.15, 0.2) is 30.3 Å². The third-order valence-electron chi connectivity index (χ3n) is 3.82. The van der Waals surface area contributed by atoms with Crippen molar-refractivity contribution in [3.05, 3.63) is 52.3 Å². The predicted molar refractivity (Wildman–Crippen MR) is 100 cm³/mol. The summed E-state index contributed by atoms with van der Waals surface area (Å²) < 4.78 is 6.63. The van der Waals surface area contributed by atoms with E-state index in [1.165, 1.54) is 0 Å². The molecule has 2 aromatic rings. The van der Waals surface area contributed by atoms with Gasteiger partial charge in [-0.25, -0.2) is 9.48 Å². The van der Waals surface area contributed by atoms with Gasteiger partial charge in [0.05, 0.1) is 12.2 Å². The maximum atomic E-state index is 12.3. The highest BCUT2D eigenvalue weighted by molar-refractivity contribution is 6.32. The molecule has 1 heterocycles. The molecule has 0 unspecified atom stereocenters. The number of benzene rings is 1. The second-order valence-electron chi connectivity index (χ2n) is 6.50. The summed E-state index contributed by atoms with van der Waals surface area (Å²) in [6.45, 7) is 6.50. The van der Waals surface area contributed by atoms with Crippen LogP contribution in [0.25, 0.3) is 0 Å². The highest BCUT2D eigenvalue weighted by atomic mass is 35.5. The minimum absolute atomic E-state index is 0.192. The lowest BCUT2D eigenvalue weighted by Gasteiger charge is -2.08. The zero-order valence-corrected chi connectivity index (χ0v) is 16.0. The van der Waals surface area contributed by atoms with Crippen LogP contribution in [-0.4, -0.2) is 34.8 Å². The summed E-state index contributed by atoms with van der Waals surface area (Å²) in [4.78, 5) is 24.0. The number of esters is 1. The van der Waals surface area contributed by atoms with Gasteiger partial charge in [-0.1, -0.05) is 55.8 Å². The summed E-state index contributed by atoms with van der Waals surface area (Å²) in [5.41, 5.74) is 1.68. The lowest BCUT2D eigenvalue weighted by molar-refractivity contribution is -0.124. The first-order valence-electron chi connectivity index (χ1n) is 8.59. The number of nitrogens with zero attached hydrogens (tertiary/aromatic N) is 2. The van der Waals surface area contributed by atoms with Crippen molar-refractivity contribution in [3.8, 4) is 0 Å². The number of rotatable bonds is 8. The van der Waals surface area contributed by atoms with Gasteiger partial charge in [0.2, 0.25) is 0 Å². The van der Waals surface area contributed by atoms with Crippen molar-refractivity contribution >= 4 is 23.5 Å². The van der Waals surface area contributed by atoms with E-state index in [2.05, 4.69) is 24.3 Å². The van der Waals surface area contributed by atoms with E-state index in [0.29, 0.717) is 24.7 Å². The molecular weight excluding hydrogens is 354 g/mol. The first-order valence-corrected chi connectivity index (χ1v) is 8.97. The van der Waals surface area contributed by atoms with E-state index in [1.54, 1.807) is 11.6 Å². The summed E-state index contributed by atoms with van der Waals surface area (Å²) in [6.07, 6.45) is 0.872. The van der Waals surface area contributed by atoms with Crippen LogP contribution in [0.1, 0.15) is 41.9 Å². The quantitative estimate of drug-likeness (QED) is 0.717. The molecule has 0 spiro atoms. The maximum absolute atomic E-state index is 12.3. The fraction of sp³-hybridized carbons (Fsp3) is 0.421. The molecular formula is C19H24ClN3O3. The van der Waals surface area contributed by atoms with Crippen LogP contribution in [0.5, 0.6) is 0 Å². The van der Waals surface area contributed by atoms with E-state index >= 15 is 0 Å². The highest BCUT2D eigenvalue weighted by Gasteiger charge is 2.22. The topological polar surface area (TPSA) is 73.2 Å². The molecule has 0 saturated carbocycles. The molecule has 0 saturated heterocycles. The Labute approximate surface area is 158 Å². The van der Waals surface area contributed by atoms with Gasteiger partial charge in [-0.15, -0.1) is 0 Å². The zero-order chi connectivity index (χ0) is 19.1. The molecule has 6 nitrogen and oxygen atoms in total. The van der Waals surface area contributed by atoms with Gasteiger partial charge in [0.1, 0.15) is 10.7 Å². The standard InChI is InChI=1S/C19H24ClN3O3/c1-13(2)9-10-21-16(24)12-26-19(25)17-14(3)22-23(18(17)20)11-15-7-5-4-6-8-15/h4-8,13H,9-12H2,1-3H3,(H,21,24). The number of carbonyl (C=O) groups is 2. The number of hydrogen-bond donors (Lipinski definition) is 1. The zero-order valence-electron chi connectivity index (χ0n) is 15.3. The second kappa shape index (κ2) is 9.38. The van der Waals surface area contributed by atoms with Crippen LogP contribution >= 0.6 is 11.6 Å². The van der Waals surface area contributed by atoms with Gasteiger partial charge in [-0.05, 0) is 24.8 Å². The number of halogens is 1. The van der Waals surface area contributed by atoms with Gasteiger partial charge >= 0.3 is 5.97 Å². The van der Waals surface area contributed by atoms with Crippen LogP contribution in [0, 0.1) is 12.8 Å². The van der Waals surface area contributed by atoms with Crippen LogP contribution in [0.3, 0.4) is 0 Å². The molecule has 1 amide bonds. The number of hydrogen-bond acceptors (Lipinski definition) is 4. The summed E-state index contributed by atoms with van der Waals surface area (Å²) in [5, 5.41) is 7.23. The molecule has 0 atom stereocenters.